The van der Waals surface area contributed by atoms with Gasteiger partial charge in [-0.25, -0.2) is 0 Å². The van der Waals surface area contributed by atoms with Crippen LogP contribution < -0.4 is 10.5 Å². The van der Waals surface area contributed by atoms with Gasteiger partial charge in [-0.05, 0) is 24.6 Å². The number of aliphatic hydroxyl groups is 1. The highest BCUT2D eigenvalue weighted by Gasteiger charge is 2.11. The molecule has 0 fully saturated rings. The Morgan fingerprint density at radius 3 is 2.62 bits per heavy atom. The maximum absolute atomic E-state index is 9.19. The van der Waals surface area contributed by atoms with Crippen LogP contribution in [0.15, 0.2) is 12.1 Å². The van der Waals surface area contributed by atoms with Crippen LogP contribution in [0, 0.1) is 6.92 Å². The van der Waals surface area contributed by atoms with Crippen LogP contribution in [-0.4, -0.2) is 12.2 Å². The number of nitrogens with two attached hydrogens (primary N) is 1. The number of rotatable bonds is 2. The third-order valence-corrected chi connectivity index (χ3v) is 2.24. The average Bonchev–Trinajstić information content (AvgIpc) is 2.08. The van der Waals surface area contributed by atoms with E-state index in [1.807, 2.05) is 6.92 Å². The summed E-state index contributed by atoms with van der Waals surface area (Å²) in [4.78, 5) is 0. The summed E-state index contributed by atoms with van der Waals surface area (Å²) in [7, 11) is 1.52. The van der Waals surface area contributed by atoms with Gasteiger partial charge in [0.15, 0.2) is 0 Å². The van der Waals surface area contributed by atoms with E-state index < -0.39 is 6.23 Å². The fourth-order valence-electron chi connectivity index (χ4n) is 1.08. The second kappa shape index (κ2) is 3.96. The fraction of sp³-hybridized carbons (Fsp3) is 0.333. The number of methoxy groups -OCH3 is 1. The highest BCUT2D eigenvalue weighted by molar-refractivity contribution is 6.31. The molecule has 13 heavy (non-hydrogen) atoms. The lowest BCUT2D eigenvalue weighted by Gasteiger charge is -2.12. The Kier molecular flexibility index (Phi) is 3.14. The number of hydrogen-bond acceptors (Lipinski definition) is 3. The first-order valence-corrected chi connectivity index (χ1v) is 4.21. The predicted molar refractivity (Wildman–Crippen MR) is 51.9 cm³/mol. The molecule has 0 aliphatic heterocycles. The van der Waals surface area contributed by atoms with Gasteiger partial charge in [-0.3, -0.25) is 0 Å². The molecule has 0 aliphatic rings. The van der Waals surface area contributed by atoms with E-state index in [0.717, 1.165) is 5.56 Å². The van der Waals surface area contributed by atoms with Crippen LogP contribution in [0.1, 0.15) is 17.4 Å². The predicted octanol–water partition coefficient (Wildman–Crippen LogP) is 1.61. The van der Waals surface area contributed by atoms with Crippen molar-refractivity contribution < 1.29 is 9.84 Å². The highest BCUT2D eigenvalue weighted by Crippen LogP contribution is 2.28. The van der Waals surface area contributed by atoms with E-state index in [9.17, 15) is 5.11 Å². The zero-order chi connectivity index (χ0) is 10.0. The summed E-state index contributed by atoms with van der Waals surface area (Å²) in [6.45, 7) is 1.86. The minimum absolute atomic E-state index is 0.498. The van der Waals surface area contributed by atoms with Crippen LogP contribution in [0.25, 0.3) is 0 Å². The Morgan fingerprint density at radius 2 is 2.15 bits per heavy atom. The summed E-state index contributed by atoms with van der Waals surface area (Å²) in [5.74, 6) is 0.553. The number of ether oxygens (including phenoxy) is 1. The largest absolute Gasteiger partial charge is 0.496 e. The third-order valence-electron chi connectivity index (χ3n) is 1.83. The zero-order valence-electron chi connectivity index (χ0n) is 7.54. The monoisotopic (exact) mass is 201 g/mol. The molecule has 1 aromatic rings. The van der Waals surface area contributed by atoms with Crippen molar-refractivity contribution in [1.29, 1.82) is 0 Å². The van der Waals surface area contributed by atoms with Crippen LogP contribution >= 0.6 is 11.6 Å². The van der Waals surface area contributed by atoms with Gasteiger partial charge in [-0.15, -0.1) is 0 Å². The topological polar surface area (TPSA) is 55.5 Å². The summed E-state index contributed by atoms with van der Waals surface area (Å²) in [5, 5.41) is 9.76. The van der Waals surface area contributed by atoms with Gasteiger partial charge < -0.3 is 15.6 Å². The van der Waals surface area contributed by atoms with Crippen molar-refractivity contribution in [2.45, 2.75) is 13.2 Å². The van der Waals surface area contributed by atoms with Gasteiger partial charge in [0.2, 0.25) is 0 Å². The molecular weight excluding hydrogens is 190 g/mol. The Bertz CT molecular complexity index is 313. The Labute approximate surface area is 82.1 Å². The van der Waals surface area contributed by atoms with E-state index in [-0.39, 0.29) is 0 Å². The molecule has 1 rings (SSSR count). The van der Waals surface area contributed by atoms with Gasteiger partial charge in [0.05, 0.1) is 7.11 Å². The lowest BCUT2D eigenvalue weighted by molar-refractivity contribution is 0.181. The quantitative estimate of drug-likeness (QED) is 0.715. The van der Waals surface area contributed by atoms with Crippen molar-refractivity contribution >= 4 is 11.6 Å². The molecule has 0 radical (unpaired) electrons. The smallest absolute Gasteiger partial charge is 0.132 e. The standard InChI is InChI=1S/C9H12ClNO2/c1-5-3-8(13-2)6(9(11)12)4-7(5)10/h3-4,9,12H,11H2,1-2H3. The molecule has 3 N–H and O–H groups in total. The molecule has 0 aromatic heterocycles. The number of halogens is 1. The molecule has 0 amide bonds. The highest BCUT2D eigenvalue weighted by atomic mass is 35.5. The number of aliphatic hydroxyl groups excluding tert-OH is 1. The Balaban J connectivity index is 3.25. The molecule has 4 heteroatoms. The lowest BCUT2D eigenvalue weighted by atomic mass is 10.1. The first-order valence-electron chi connectivity index (χ1n) is 3.84. The molecule has 0 aliphatic carbocycles. The second-order valence-electron chi connectivity index (χ2n) is 2.79. The van der Waals surface area contributed by atoms with Gasteiger partial charge in [0, 0.05) is 10.6 Å². The van der Waals surface area contributed by atoms with Crippen molar-refractivity contribution in [1.82, 2.24) is 0 Å². The molecule has 0 bridgehead atoms. The molecule has 1 unspecified atom stereocenters. The van der Waals surface area contributed by atoms with Crippen LogP contribution in [-0.2, 0) is 0 Å². The number of benzene rings is 1. The van der Waals surface area contributed by atoms with Gasteiger partial charge in [-0.2, -0.15) is 0 Å². The summed E-state index contributed by atoms with van der Waals surface area (Å²) < 4.78 is 5.04. The van der Waals surface area contributed by atoms with Gasteiger partial charge in [0.25, 0.3) is 0 Å². The number of hydrogen-bond donors (Lipinski definition) is 2. The van der Waals surface area contributed by atoms with E-state index in [1.54, 1.807) is 12.1 Å². The first kappa shape index (κ1) is 10.3. The molecule has 1 aromatic carbocycles. The summed E-state index contributed by atoms with van der Waals surface area (Å²) in [6, 6.07) is 3.36. The van der Waals surface area contributed by atoms with Crippen LogP contribution in [0.3, 0.4) is 0 Å². The average molecular weight is 202 g/mol. The normalized spacial score (nSPS) is 12.7. The first-order chi connectivity index (χ1) is 6.06. The minimum Gasteiger partial charge on any atom is -0.496 e. The lowest BCUT2D eigenvalue weighted by Crippen LogP contribution is -2.10. The summed E-state index contributed by atoms with van der Waals surface area (Å²) in [6.07, 6.45) is -1.06. The van der Waals surface area contributed by atoms with Crippen molar-refractivity contribution in [3.8, 4) is 5.75 Å². The van der Waals surface area contributed by atoms with Gasteiger partial charge >= 0.3 is 0 Å². The van der Waals surface area contributed by atoms with Crippen LogP contribution in [0.4, 0.5) is 0 Å². The maximum atomic E-state index is 9.19. The fourth-order valence-corrected chi connectivity index (χ4v) is 1.25. The maximum Gasteiger partial charge on any atom is 0.132 e. The molecular formula is C9H12ClNO2. The zero-order valence-corrected chi connectivity index (χ0v) is 8.30. The van der Waals surface area contributed by atoms with E-state index >= 15 is 0 Å². The summed E-state index contributed by atoms with van der Waals surface area (Å²) in [5.41, 5.74) is 6.72. The molecule has 0 spiro atoms. The van der Waals surface area contributed by atoms with Gasteiger partial charge in [-0.1, -0.05) is 11.6 Å². The molecule has 0 saturated carbocycles. The Hall–Kier alpha value is -0.770. The van der Waals surface area contributed by atoms with E-state index in [0.29, 0.717) is 16.3 Å². The summed E-state index contributed by atoms with van der Waals surface area (Å²) >= 11 is 5.86. The van der Waals surface area contributed by atoms with Crippen LogP contribution in [0.5, 0.6) is 5.75 Å². The van der Waals surface area contributed by atoms with E-state index in [1.165, 1.54) is 7.11 Å². The molecule has 3 nitrogen and oxygen atoms in total. The minimum atomic E-state index is -1.06. The third kappa shape index (κ3) is 2.12. The van der Waals surface area contributed by atoms with Crippen molar-refractivity contribution in [2.24, 2.45) is 5.73 Å². The molecule has 0 heterocycles. The number of aryl methyl sites for hydroxylation is 1. The Morgan fingerprint density at radius 1 is 1.54 bits per heavy atom. The molecule has 1 atom stereocenters. The van der Waals surface area contributed by atoms with E-state index in [4.69, 9.17) is 22.1 Å². The van der Waals surface area contributed by atoms with Gasteiger partial charge in [0.1, 0.15) is 12.0 Å². The molecule has 0 saturated heterocycles. The second-order valence-corrected chi connectivity index (χ2v) is 3.20. The van der Waals surface area contributed by atoms with E-state index in [2.05, 4.69) is 0 Å². The SMILES string of the molecule is COc1cc(C)c(Cl)cc1C(N)O. The van der Waals surface area contributed by atoms with Crippen LogP contribution in [0.2, 0.25) is 5.02 Å². The molecule has 72 valence electrons. The van der Waals surface area contributed by atoms with Crippen molar-refractivity contribution in [3.63, 3.8) is 0 Å². The van der Waals surface area contributed by atoms with Crippen molar-refractivity contribution in [3.05, 3.63) is 28.3 Å². The van der Waals surface area contributed by atoms with Crippen molar-refractivity contribution in [2.75, 3.05) is 7.11 Å².